The maximum atomic E-state index is 11.5. The van der Waals surface area contributed by atoms with Gasteiger partial charge >= 0.3 is 0 Å². The largest absolute Gasteiger partial charge is 0.294 e. The van der Waals surface area contributed by atoms with Crippen molar-refractivity contribution < 1.29 is 4.79 Å². The van der Waals surface area contributed by atoms with Crippen LogP contribution in [0.3, 0.4) is 0 Å². The molecule has 0 bridgehead atoms. The van der Waals surface area contributed by atoms with Gasteiger partial charge in [-0.2, -0.15) is 0 Å². The van der Waals surface area contributed by atoms with Crippen molar-refractivity contribution in [2.75, 3.05) is 0 Å². The van der Waals surface area contributed by atoms with Crippen LogP contribution < -0.4 is 0 Å². The van der Waals surface area contributed by atoms with Gasteiger partial charge in [-0.15, -0.1) is 0 Å². The molecule has 0 amide bonds. The number of rotatable bonds is 0. The van der Waals surface area contributed by atoms with E-state index in [-0.39, 0.29) is 5.78 Å². The molecule has 0 spiro atoms. The van der Waals surface area contributed by atoms with Crippen molar-refractivity contribution in [3.05, 3.63) is 33.8 Å². The van der Waals surface area contributed by atoms with Gasteiger partial charge in [-0.3, -0.25) is 4.79 Å². The predicted molar refractivity (Wildman–Crippen MR) is 53.5 cm³/mol. The van der Waals surface area contributed by atoms with Gasteiger partial charge < -0.3 is 0 Å². The number of hydrogen-bond donors (Lipinski definition) is 0. The number of fused-ring (bicyclic) bond motifs is 1. The van der Waals surface area contributed by atoms with Crippen molar-refractivity contribution in [3.8, 4) is 0 Å². The number of carbonyl (C=O) groups excluding carboxylic acids is 1. The topological polar surface area (TPSA) is 17.1 Å². The fourth-order valence-corrected chi connectivity index (χ4v) is 2.06. The van der Waals surface area contributed by atoms with Gasteiger partial charge in [0.25, 0.3) is 0 Å². The summed E-state index contributed by atoms with van der Waals surface area (Å²) >= 11 is 6.12. The molecule has 2 rings (SSSR count). The Morgan fingerprint density at radius 2 is 2.08 bits per heavy atom. The molecule has 13 heavy (non-hydrogen) atoms. The van der Waals surface area contributed by atoms with E-state index in [2.05, 4.69) is 0 Å². The zero-order valence-electron chi connectivity index (χ0n) is 7.56. The fourth-order valence-electron chi connectivity index (χ4n) is 1.80. The first kappa shape index (κ1) is 8.76. The first-order valence-corrected chi connectivity index (χ1v) is 4.89. The van der Waals surface area contributed by atoms with E-state index >= 15 is 0 Å². The second kappa shape index (κ2) is 3.15. The van der Waals surface area contributed by atoms with Crippen LogP contribution in [0.1, 0.15) is 34.3 Å². The number of benzene rings is 1. The van der Waals surface area contributed by atoms with Crippen LogP contribution in [0.2, 0.25) is 5.02 Å². The summed E-state index contributed by atoms with van der Waals surface area (Å²) in [5.74, 6) is 0.239. The van der Waals surface area contributed by atoms with Crippen LogP contribution in [0.15, 0.2) is 12.1 Å². The van der Waals surface area contributed by atoms with Crippen molar-refractivity contribution >= 4 is 17.4 Å². The molecule has 1 aromatic carbocycles. The average molecular weight is 195 g/mol. The van der Waals surface area contributed by atoms with E-state index in [1.54, 1.807) is 0 Å². The van der Waals surface area contributed by atoms with E-state index in [4.69, 9.17) is 11.6 Å². The molecule has 0 N–H and O–H groups in total. The average Bonchev–Trinajstić information content (AvgIpc) is 2.12. The Balaban J connectivity index is 2.63. The molecule has 0 unspecified atom stereocenters. The number of Topliss-reactive ketones (excluding diaryl/α,β-unsaturated/α-hetero) is 1. The maximum Gasteiger partial charge on any atom is 0.163 e. The highest BCUT2D eigenvalue weighted by atomic mass is 35.5. The second-order valence-electron chi connectivity index (χ2n) is 3.50. The van der Waals surface area contributed by atoms with Crippen LogP contribution in [-0.4, -0.2) is 5.78 Å². The van der Waals surface area contributed by atoms with Gasteiger partial charge in [-0.1, -0.05) is 23.7 Å². The zero-order chi connectivity index (χ0) is 9.42. The van der Waals surface area contributed by atoms with E-state index in [0.717, 1.165) is 34.6 Å². The van der Waals surface area contributed by atoms with Crippen LogP contribution in [0.4, 0.5) is 0 Å². The molecule has 1 aromatic rings. The molecule has 0 heterocycles. The number of ketones is 1. The van der Waals surface area contributed by atoms with E-state index in [1.165, 1.54) is 0 Å². The van der Waals surface area contributed by atoms with Crippen LogP contribution >= 0.6 is 11.6 Å². The van der Waals surface area contributed by atoms with Crippen molar-refractivity contribution in [2.45, 2.75) is 26.2 Å². The fraction of sp³-hybridized carbons (Fsp3) is 0.364. The molecule has 0 radical (unpaired) electrons. The van der Waals surface area contributed by atoms with Crippen LogP contribution in [0.5, 0.6) is 0 Å². The Labute approximate surface area is 82.7 Å². The van der Waals surface area contributed by atoms with Crippen molar-refractivity contribution in [1.82, 2.24) is 0 Å². The summed E-state index contributed by atoms with van der Waals surface area (Å²) in [5.41, 5.74) is 2.95. The minimum Gasteiger partial charge on any atom is -0.294 e. The Morgan fingerprint density at radius 1 is 1.31 bits per heavy atom. The molecule has 0 fully saturated rings. The molecule has 68 valence electrons. The molecular weight excluding hydrogens is 184 g/mol. The van der Waals surface area contributed by atoms with Crippen LogP contribution in [-0.2, 0) is 6.42 Å². The summed E-state index contributed by atoms with van der Waals surface area (Å²) < 4.78 is 0. The molecule has 0 aromatic heterocycles. The third kappa shape index (κ3) is 1.37. The third-order valence-electron chi connectivity index (χ3n) is 2.57. The smallest absolute Gasteiger partial charge is 0.163 e. The van der Waals surface area contributed by atoms with E-state index in [0.29, 0.717) is 6.42 Å². The van der Waals surface area contributed by atoms with E-state index in [1.807, 2.05) is 19.1 Å². The highest BCUT2D eigenvalue weighted by molar-refractivity contribution is 6.32. The van der Waals surface area contributed by atoms with Gasteiger partial charge in [-0.25, -0.2) is 0 Å². The highest BCUT2D eigenvalue weighted by Crippen LogP contribution is 2.30. The summed E-state index contributed by atoms with van der Waals surface area (Å²) in [7, 11) is 0. The zero-order valence-corrected chi connectivity index (χ0v) is 8.32. The van der Waals surface area contributed by atoms with Gasteiger partial charge in [0.05, 0.1) is 0 Å². The normalized spacial score (nSPS) is 15.7. The SMILES string of the molecule is Cc1ccc2c(c1Cl)CCCC2=O. The van der Waals surface area contributed by atoms with Crippen molar-refractivity contribution in [1.29, 1.82) is 0 Å². The highest BCUT2D eigenvalue weighted by Gasteiger charge is 2.19. The lowest BCUT2D eigenvalue weighted by atomic mass is 9.89. The summed E-state index contributed by atoms with van der Waals surface area (Å²) in [6.07, 6.45) is 2.56. The molecule has 0 aliphatic heterocycles. The molecule has 0 saturated carbocycles. The third-order valence-corrected chi connectivity index (χ3v) is 3.09. The summed E-state index contributed by atoms with van der Waals surface area (Å²) in [4.78, 5) is 11.5. The predicted octanol–water partition coefficient (Wildman–Crippen LogP) is 3.17. The van der Waals surface area contributed by atoms with E-state index < -0.39 is 0 Å². The molecule has 1 nitrogen and oxygen atoms in total. The Hall–Kier alpha value is -0.820. The van der Waals surface area contributed by atoms with Gasteiger partial charge in [0.2, 0.25) is 0 Å². The summed E-state index contributed by atoms with van der Waals surface area (Å²) in [6, 6.07) is 3.82. The first-order chi connectivity index (χ1) is 6.20. The Morgan fingerprint density at radius 3 is 2.85 bits per heavy atom. The lowest BCUT2D eigenvalue weighted by Crippen LogP contribution is -2.11. The summed E-state index contributed by atoms with van der Waals surface area (Å²) in [6.45, 7) is 1.97. The number of aryl methyl sites for hydroxylation is 1. The number of halogens is 1. The van der Waals surface area contributed by atoms with Crippen LogP contribution in [0.25, 0.3) is 0 Å². The monoisotopic (exact) mass is 194 g/mol. The standard InChI is InChI=1S/C11H11ClO/c1-7-5-6-8-9(11(7)12)3-2-4-10(8)13/h5-6H,2-4H2,1H3. The second-order valence-corrected chi connectivity index (χ2v) is 3.88. The quantitative estimate of drug-likeness (QED) is 0.620. The number of hydrogen-bond acceptors (Lipinski definition) is 1. The molecule has 1 aliphatic rings. The lowest BCUT2D eigenvalue weighted by Gasteiger charge is -2.16. The molecular formula is C11H11ClO. The van der Waals surface area contributed by atoms with Gasteiger partial charge in [0.15, 0.2) is 5.78 Å². The van der Waals surface area contributed by atoms with Gasteiger partial charge in [0, 0.05) is 17.0 Å². The molecule has 0 saturated heterocycles. The maximum absolute atomic E-state index is 11.5. The first-order valence-electron chi connectivity index (χ1n) is 4.51. The van der Waals surface area contributed by atoms with Gasteiger partial charge in [-0.05, 0) is 30.9 Å². The summed E-state index contributed by atoms with van der Waals surface area (Å²) in [5, 5.41) is 0.783. The number of carbonyl (C=O) groups is 1. The Kier molecular flexibility index (Phi) is 2.12. The minimum atomic E-state index is 0.239. The Bertz CT molecular complexity index is 369. The van der Waals surface area contributed by atoms with Gasteiger partial charge in [0.1, 0.15) is 0 Å². The molecule has 1 aliphatic carbocycles. The van der Waals surface area contributed by atoms with Crippen molar-refractivity contribution in [3.63, 3.8) is 0 Å². The molecule has 2 heteroatoms. The lowest BCUT2D eigenvalue weighted by molar-refractivity contribution is 0.0972. The van der Waals surface area contributed by atoms with E-state index in [9.17, 15) is 4.79 Å². The molecule has 0 atom stereocenters. The van der Waals surface area contributed by atoms with Crippen LogP contribution in [0, 0.1) is 6.92 Å². The van der Waals surface area contributed by atoms with Crippen molar-refractivity contribution in [2.24, 2.45) is 0 Å². The minimum absolute atomic E-state index is 0.239.